The van der Waals surface area contributed by atoms with Crippen LogP contribution in [0.3, 0.4) is 0 Å². The van der Waals surface area contributed by atoms with Gasteiger partial charge in [0.25, 0.3) is 5.91 Å². The van der Waals surface area contributed by atoms with E-state index in [4.69, 9.17) is 27.6 Å². The molecule has 3 nitrogen and oxygen atoms in total. The van der Waals surface area contributed by atoms with Gasteiger partial charge in [-0.25, -0.2) is 0 Å². The zero-order valence-electron chi connectivity index (χ0n) is 13.9. The molecule has 0 saturated carbocycles. The third-order valence-electron chi connectivity index (χ3n) is 4.00. The third kappa shape index (κ3) is 3.73. The second kappa shape index (κ2) is 7.34. The van der Waals surface area contributed by atoms with Gasteiger partial charge in [-0.3, -0.25) is 4.79 Å². The second-order valence-corrected chi connectivity index (χ2v) is 6.55. The Morgan fingerprint density at radius 3 is 2.68 bits per heavy atom. The topological polar surface area (TPSA) is 42.2 Å². The smallest absolute Gasteiger partial charge is 0.291 e. The monoisotopic (exact) mass is 373 g/mol. The van der Waals surface area contributed by atoms with Crippen LogP contribution < -0.4 is 5.32 Å². The zero-order chi connectivity index (χ0) is 18.0. The minimum atomic E-state index is -0.298. The summed E-state index contributed by atoms with van der Waals surface area (Å²) in [6, 6.07) is 14.4. The molecule has 1 amide bonds. The van der Waals surface area contributed by atoms with Crippen molar-refractivity contribution < 1.29 is 9.21 Å². The first-order valence-corrected chi connectivity index (χ1v) is 8.70. The molecule has 0 unspecified atom stereocenters. The lowest BCUT2D eigenvalue weighted by atomic mass is 10.1. The van der Waals surface area contributed by atoms with Crippen molar-refractivity contribution in [2.75, 3.05) is 5.32 Å². The van der Waals surface area contributed by atoms with Crippen molar-refractivity contribution >= 4 is 34.8 Å². The molecule has 128 valence electrons. The number of hydrogen-bond donors (Lipinski definition) is 1. The number of rotatable bonds is 4. The number of anilines is 1. The molecule has 0 aliphatic rings. The Bertz CT molecular complexity index is 931. The number of benzene rings is 2. The van der Waals surface area contributed by atoms with Gasteiger partial charge in [0.1, 0.15) is 5.76 Å². The quantitative estimate of drug-likeness (QED) is 0.576. The van der Waals surface area contributed by atoms with E-state index in [1.165, 1.54) is 0 Å². The number of furan rings is 1. The fourth-order valence-electron chi connectivity index (χ4n) is 2.67. The van der Waals surface area contributed by atoms with Crippen LogP contribution in [-0.4, -0.2) is 5.91 Å². The number of carbonyl (C=O) groups excluding carboxylic acids is 1. The normalized spacial score (nSPS) is 10.7. The van der Waals surface area contributed by atoms with E-state index in [1.807, 2.05) is 25.1 Å². The van der Waals surface area contributed by atoms with Gasteiger partial charge in [0, 0.05) is 16.3 Å². The van der Waals surface area contributed by atoms with E-state index in [2.05, 4.69) is 12.2 Å². The highest BCUT2D eigenvalue weighted by Crippen LogP contribution is 2.32. The van der Waals surface area contributed by atoms with Gasteiger partial charge in [-0.15, -0.1) is 0 Å². The summed E-state index contributed by atoms with van der Waals surface area (Å²) in [6.45, 7) is 4.02. The van der Waals surface area contributed by atoms with Crippen molar-refractivity contribution in [3.63, 3.8) is 0 Å². The summed E-state index contributed by atoms with van der Waals surface area (Å²) in [7, 11) is 0. The number of aryl methyl sites for hydroxylation is 2. The van der Waals surface area contributed by atoms with Crippen molar-refractivity contribution in [3.8, 4) is 11.3 Å². The van der Waals surface area contributed by atoms with Crippen LogP contribution in [0.25, 0.3) is 11.3 Å². The molecule has 25 heavy (non-hydrogen) atoms. The molecular formula is C20H17Cl2NO2. The van der Waals surface area contributed by atoms with Gasteiger partial charge in [0.2, 0.25) is 0 Å². The Labute approximate surface area is 156 Å². The Kier molecular flexibility index (Phi) is 5.16. The van der Waals surface area contributed by atoms with Gasteiger partial charge in [-0.05, 0) is 54.8 Å². The molecule has 0 fully saturated rings. The van der Waals surface area contributed by atoms with Crippen molar-refractivity contribution in [2.24, 2.45) is 0 Å². The second-order valence-electron chi connectivity index (χ2n) is 5.70. The van der Waals surface area contributed by atoms with E-state index in [0.717, 1.165) is 23.2 Å². The molecule has 0 saturated heterocycles. The summed E-state index contributed by atoms with van der Waals surface area (Å²) in [5, 5.41) is 4.01. The average Bonchev–Trinajstić information content (AvgIpc) is 3.08. The number of hydrogen-bond acceptors (Lipinski definition) is 2. The van der Waals surface area contributed by atoms with Crippen LogP contribution in [0.2, 0.25) is 10.0 Å². The van der Waals surface area contributed by atoms with Crippen molar-refractivity contribution in [1.82, 2.24) is 0 Å². The van der Waals surface area contributed by atoms with Crippen LogP contribution in [-0.2, 0) is 6.42 Å². The van der Waals surface area contributed by atoms with Gasteiger partial charge in [0.05, 0.1) is 5.02 Å². The summed E-state index contributed by atoms with van der Waals surface area (Å²) < 4.78 is 5.70. The van der Waals surface area contributed by atoms with Gasteiger partial charge in [0.15, 0.2) is 5.76 Å². The van der Waals surface area contributed by atoms with Gasteiger partial charge >= 0.3 is 0 Å². The van der Waals surface area contributed by atoms with Gasteiger partial charge in [-0.2, -0.15) is 0 Å². The Morgan fingerprint density at radius 1 is 1.12 bits per heavy atom. The molecule has 3 rings (SSSR count). The molecule has 3 aromatic rings. The summed E-state index contributed by atoms with van der Waals surface area (Å²) >= 11 is 12.2. The van der Waals surface area contributed by atoms with Crippen LogP contribution in [0.5, 0.6) is 0 Å². The molecule has 0 aliphatic heterocycles. The number of nitrogens with one attached hydrogen (secondary N) is 1. The summed E-state index contributed by atoms with van der Waals surface area (Å²) in [4.78, 5) is 12.6. The van der Waals surface area contributed by atoms with E-state index in [1.54, 1.807) is 30.3 Å². The lowest BCUT2D eigenvalue weighted by molar-refractivity contribution is 0.0997. The average molecular weight is 374 g/mol. The third-order valence-corrected chi connectivity index (χ3v) is 4.57. The molecule has 0 radical (unpaired) electrons. The Morgan fingerprint density at radius 2 is 1.92 bits per heavy atom. The lowest BCUT2D eigenvalue weighted by Gasteiger charge is -2.12. The maximum Gasteiger partial charge on any atom is 0.291 e. The van der Waals surface area contributed by atoms with Crippen LogP contribution in [0.1, 0.15) is 28.6 Å². The van der Waals surface area contributed by atoms with Crippen LogP contribution in [0, 0.1) is 6.92 Å². The fourth-order valence-corrected chi connectivity index (χ4v) is 3.05. The first-order valence-electron chi connectivity index (χ1n) is 7.94. The molecule has 1 N–H and O–H groups in total. The summed E-state index contributed by atoms with van der Waals surface area (Å²) in [5.41, 5.74) is 3.57. The minimum Gasteiger partial charge on any atom is -0.451 e. The Hall–Kier alpha value is -2.23. The van der Waals surface area contributed by atoms with E-state index in [0.29, 0.717) is 21.4 Å². The van der Waals surface area contributed by atoms with Gasteiger partial charge < -0.3 is 9.73 Å². The zero-order valence-corrected chi connectivity index (χ0v) is 15.4. The van der Waals surface area contributed by atoms with E-state index >= 15 is 0 Å². The summed E-state index contributed by atoms with van der Waals surface area (Å²) in [6.07, 6.45) is 0.832. The number of amides is 1. The Balaban J connectivity index is 1.88. The van der Waals surface area contributed by atoms with E-state index in [-0.39, 0.29) is 11.7 Å². The first kappa shape index (κ1) is 17.6. The predicted octanol–water partition coefficient (Wildman–Crippen LogP) is 6.38. The molecular weight excluding hydrogens is 357 g/mol. The van der Waals surface area contributed by atoms with E-state index < -0.39 is 0 Å². The van der Waals surface area contributed by atoms with Crippen molar-refractivity contribution in [1.29, 1.82) is 0 Å². The predicted molar refractivity (Wildman–Crippen MR) is 103 cm³/mol. The number of carbonyl (C=O) groups is 1. The molecule has 0 aliphatic carbocycles. The van der Waals surface area contributed by atoms with Crippen LogP contribution >= 0.6 is 23.2 Å². The van der Waals surface area contributed by atoms with Gasteiger partial charge in [-0.1, -0.05) is 48.3 Å². The molecule has 5 heteroatoms. The number of halogens is 2. The largest absolute Gasteiger partial charge is 0.451 e. The van der Waals surface area contributed by atoms with Crippen molar-refractivity contribution in [2.45, 2.75) is 20.3 Å². The molecule has 2 aromatic carbocycles. The molecule has 0 bridgehead atoms. The highest BCUT2D eigenvalue weighted by Gasteiger charge is 2.16. The standard InChI is InChI=1S/C20H17Cl2NO2/c1-3-13-6-4-5-12(2)19(13)23-20(24)18-10-9-17(25-18)15-11-14(21)7-8-16(15)22/h4-11H,3H2,1-2H3,(H,23,24). The minimum absolute atomic E-state index is 0.219. The maximum atomic E-state index is 12.6. The SMILES string of the molecule is CCc1cccc(C)c1NC(=O)c1ccc(-c2cc(Cl)ccc2Cl)o1. The molecule has 1 aromatic heterocycles. The highest BCUT2D eigenvalue weighted by molar-refractivity contribution is 6.35. The summed E-state index contributed by atoms with van der Waals surface area (Å²) in [5.74, 6) is 0.419. The molecule has 0 atom stereocenters. The number of para-hydroxylation sites is 1. The molecule has 1 heterocycles. The van der Waals surface area contributed by atoms with Crippen LogP contribution in [0.4, 0.5) is 5.69 Å². The first-order chi connectivity index (χ1) is 12.0. The lowest BCUT2D eigenvalue weighted by Crippen LogP contribution is -2.13. The highest BCUT2D eigenvalue weighted by atomic mass is 35.5. The van der Waals surface area contributed by atoms with Crippen LogP contribution in [0.15, 0.2) is 52.9 Å². The molecule has 0 spiro atoms. The maximum absolute atomic E-state index is 12.6. The van der Waals surface area contributed by atoms with Crippen molar-refractivity contribution in [3.05, 3.63) is 75.5 Å². The fraction of sp³-hybridized carbons (Fsp3) is 0.150. The van der Waals surface area contributed by atoms with E-state index in [9.17, 15) is 4.79 Å².